The maximum atomic E-state index is 15.2. The first kappa shape index (κ1) is 26.6. The highest BCUT2D eigenvalue weighted by Crippen LogP contribution is 2.36. The minimum atomic E-state index is -0.321. The van der Waals surface area contributed by atoms with Gasteiger partial charge in [-0.2, -0.15) is 0 Å². The van der Waals surface area contributed by atoms with Crippen LogP contribution in [-0.4, -0.2) is 61.6 Å². The summed E-state index contributed by atoms with van der Waals surface area (Å²) in [7, 11) is 0. The van der Waals surface area contributed by atoms with Crippen molar-refractivity contribution >= 4 is 28.5 Å². The summed E-state index contributed by atoms with van der Waals surface area (Å²) in [5.41, 5.74) is 3.78. The van der Waals surface area contributed by atoms with Gasteiger partial charge in [-0.3, -0.25) is 0 Å². The SMILES string of the molecule is CCN(CC)C1CCN(c2ccc(Nc3nccc(-c4cc(F)c5nc(C)n(C6CCCC6)c5c4)n3)nc2)CC1. The highest BCUT2D eigenvalue weighted by Gasteiger charge is 2.24. The Kier molecular flexibility index (Phi) is 7.65. The van der Waals surface area contributed by atoms with Crippen molar-refractivity contribution < 1.29 is 4.39 Å². The number of aromatic nitrogens is 5. The number of piperidine rings is 1. The van der Waals surface area contributed by atoms with E-state index in [9.17, 15) is 0 Å². The number of pyridine rings is 1. The zero-order valence-corrected chi connectivity index (χ0v) is 23.8. The van der Waals surface area contributed by atoms with Crippen molar-refractivity contribution in [2.45, 2.75) is 71.4 Å². The van der Waals surface area contributed by atoms with E-state index >= 15 is 4.39 Å². The van der Waals surface area contributed by atoms with Crippen molar-refractivity contribution in [3.63, 3.8) is 0 Å². The van der Waals surface area contributed by atoms with Crippen LogP contribution in [0.25, 0.3) is 22.3 Å². The molecule has 4 aromatic rings. The van der Waals surface area contributed by atoms with E-state index in [1.165, 1.54) is 31.7 Å². The van der Waals surface area contributed by atoms with Crippen LogP contribution in [0, 0.1) is 12.7 Å². The quantitative estimate of drug-likeness (QED) is 0.272. The second-order valence-electron chi connectivity index (χ2n) is 11.0. The summed E-state index contributed by atoms with van der Waals surface area (Å²) in [5.74, 6) is 1.65. The fraction of sp³-hybridized carbons (Fsp3) is 0.484. The monoisotopic (exact) mass is 542 g/mol. The largest absolute Gasteiger partial charge is 0.370 e. The summed E-state index contributed by atoms with van der Waals surface area (Å²) in [6.07, 6.45) is 10.6. The van der Waals surface area contributed by atoms with Crippen LogP contribution in [0.4, 0.5) is 21.8 Å². The number of nitrogens with zero attached hydrogens (tertiary/aromatic N) is 7. The fourth-order valence-electron chi connectivity index (χ4n) is 6.61. The second-order valence-corrected chi connectivity index (χ2v) is 11.0. The molecule has 0 atom stereocenters. The van der Waals surface area contributed by atoms with Crippen molar-refractivity contribution in [2.75, 3.05) is 36.4 Å². The molecule has 2 fully saturated rings. The first-order chi connectivity index (χ1) is 19.5. The summed E-state index contributed by atoms with van der Waals surface area (Å²) < 4.78 is 17.4. The molecule has 1 aromatic carbocycles. The van der Waals surface area contributed by atoms with Gasteiger partial charge in [-0.1, -0.05) is 26.7 Å². The number of imidazole rings is 1. The zero-order chi connectivity index (χ0) is 27.6. The van der Waals surface area contributed by atoms with Gasteiger partial charge in [0.1, 0.15) is 17.2 Å². The topological polar surface area (TPSA) is 75.0 Å². The number of nitrogens with one attached hydrogen (secondary N) is 1. The molecule has 210 valence electrons. The first-order valence-electron chi connectivity index (χ1n) is 14.8. The van der Waals surface area contributed by atoms with Gasteiger partial charge >= 0.3 is 0 Å². The first-order valence-corrected chi connectivity index (χ1v) is 14.8. The minimum absolute atomic E-state index is 0.321. The van der Waals surface area contributed by atoms with Gasteiger partial charge in [-0.15, -0.1) is 0 Å². The van der Waals surface area contributed by atoms with Crippen LogP contribution in [0.3, 0.4) is 0 Å². The lowest BCUT2D eigenvalue weighted by Gasteiger charge is -2.38. The van der Waals surface area contributed by atoms with Gasteiger partial charge < -0.3 is 19.7 Å². The van der Waals surface area contributed by atoms with Crippen LogP contribution in [0.1, 0.15) is 64.2 Å². The molecule has 1 saturated carbocycles. The van der Waals surface area contributed by atoms with E-state index in [1.54, 1.807) is 6.20 Å². The van der Waals surface area contributed by atoms with Crippen LogP contribution in [0.5, 0.6) is 0 Å². The van der Waals surface area contributed by atoms with Crippen molar-refractivity contribution in [3.05, 3.63) is 54.4 Å². The van der Waals surface area contributed by atoms with E-state index < -0.39 is 0 Å². The van der Waals surface area contributed by atoms with Crippen LogP contribution >= 0.6 is 0 Å². The number of anilines is 3. The molecule has 0 bridgehead atoms. The Morgan fingerprint density at radius 1 is 0.975 bits per heavy atom. The Labute approximate surface area is 235 Å². The van der Waals surface area contributed by atoms with Crippen molar-refractivity contribution in [2.24, 2.45) is 0 Å². The van der Waals surface area contributed by atoms with E-state index in [0.717, 1.165) is 56.0 Å². The third-order valence-electron chi connectivity index (χ3n) is 8.71. The predicted molar refractivity (Wildman–Crippen MR) is 159 cm³/mol. The summed E-state index contributed by atoms with van der Waals surface area (Å²) >= 11 is 0. The van der Waals surface area contributed by atoms with Crippen molar-refractivity contribution in [3.8, 4) is 11.3 Å². The minimum Gasteiger partial charge on any atom is -0.370 e. The van der Waals surface area contributed by atoms with Crippen LogP contribution < -0.4 is 10.2 Å². The number of halogens is 1. The molecule has 0 radical (unpaired) electrons. The molecule has 9 heteroatoms. The fourth-order valence-corrected chi connectivity index (χ4v) is 6.61. The van der Waals surface area contributed by atoms with Gasteiger partial charge in [0.15, 0.2) is 5.82 Å². The summed E-state index contributed by atoms with van der Waals surface area (Å²) in [4.78, 5) is 23.3. The molecule has 1 N–H and O–H groups in total. The molecule has 1 aliphatic carbocycles. The van der Waals surface area contributed by atoms with Gasteiger partial charge in [-0.05, 0) is 76.0 Å². The highest BCUT2D eigenvalue weighted by molar-refractivity contribution is 5.83. The Bertz CT molecular complexity index is 1450. The third-order valence-corrected chi connectivity index (χ3v) is 8.71. The molecule has 40 heavy (non-hydrogen) atoms. The number of hydrogen-bond acceptors (Lipinski definition) is 7. The van der Waals surface area contributed by atoms with Gasteiger partial charge in [0.2, 0.25) is 5.95 Å². The molecule has 2 aliphatic rings. The van der Waals surface area contributed by atoms with Gasteiger partial charge in [0.25, 0.3) is 0 Å². The molecule has 1 saturated heterocycles. The molecule has 0 spiro atoms. The van der Waals surface area contributed by atoms with Crippen LogP contribution in [0.2, 0.25) is 0 Å². The average molecular weight is 543 g/mol. The summed E-state index contributed by atoms with van der Waals surface area (Å²) in [6, 6.07) is 10.5. The molecule has 1 aliphatic heterocycles. The van der Waals surface area contributed by atoms with Gasteiger partial charge in [0.05, 0.1) is 23.1 Å². The zero-order valence-electron chi connectivity index (χ0n) is 23.8. The number of aryl methyl sites for hydroxylation is 1. The van der Waals surface area contributed by atoms with Gasteiger partial charge in [0, 0.05) is 36.9 Å². The van der Waals surface area contributed by atoms with E-state index in [-0.39, 0.29) is 5.82 Å². The second kappa shape index (κ2) is 11.5. The average Bonchev–Trinajstić information content (AvgIpc) is 3.62. The van der Waals surface area contributed by atoms with E-state index in [2.05, 4.69) is 54.5 Å². The maximum Gasteiger partial charge on any atom is 0.228 e. The lowest BCUT2D eigenvalue weighted by atomic mass is 10.0. The maximum absolute atomic E-state index is 15.2. The normalized spacial score (nSPS) is 16.9. The van der Waals surface area contributed by atoms with E-state index in [1.807, 2.05) is 31.3 Å². The smallest absolute Gasteiger partial charge is 0.228 e. The highest BCUT2D eigenvalue weighted by atomic mass is 19.1. The Morgan fingerprint density at radius 3 is 2.45 bits per heavy atom. The molecule has 6 rings (SSSR count). The van der Waals surface area contributed by atoms with Crippen molar-refractivity contribution in [1.82, 2.24) is 29.4 Å². The Balaban J connectivity index is 1.17. The molecule has 4 heterocycles. The van der Waals surface area contributed by atoms with Crippen molar-refractivity contribution in [1.29, 1.82) is 0 Å². The van der Waals surface area contributed by atoms with E-state index in [4.69, 9.17) is 4.98 Å². The standard InChI is InChI=1S/C31H39FN8/c1-4-38(5-2)23-13-16-39(17-14-23)25-10-11-29(34-20-25)37-31-33-15-12-27(36-31)22-18-26(32)30-28(19-22)40(21(3)35-30)24-8-6-7-9-24/h10-12,15,18-20,23-24H,4-9,13-14,16-17H2,1-3H3,(H,33,34,36,37). The molecule has 8 nitrogen and oxygen atoms in total. The molecule has 3 aromatic heterocycles. The third kappa shape index (κ3) is 5.27. The van der Waals surface area contributed by atoms with E-state index in [0.29, 0.717) is 40.6 Å². The number of fused-ring (bicyclic) bond motifs is 1. The Morgan fingerprint density at radius 2 is 1.75 bits per heavy atom. The summed E-state index contributed by atoms with van der Waals surface area (Å²) in [5, 5.41) is 3.22. The number of hydrogen-bond donors (Lipinski definition) is 1. The number of rotatable bonds is 8. The Hall–Kier alpha value is -3.59. The molecular formula is C31H39FN8. The van der Waals surface area contributed by atoms with Gasteiger partial charge in [-0.25, -0.2) is 24.3 Å². The molecule has 0 amide bonds. The predicted octanol–water partition coefficient (Wildman–Crippen LogP) is 6.51. The number of benzene rings is 1. The molecule has 0 unspecified atom stereocenters. The summed E-state index contributed by atoms with van der Waals surface area (Å²) in [6.45, 7) is 10.8. The van der Waals surface area contributed by atoms with Crippen LogP contribution in [-0.2, 0) is 0 Å². The van der Waals surface area contributed by atoms with Crippen LogP contribution in [0.15, 0.2) is 42.7 Å². The molecular weight excluding hydrogens is 503 g/mol. The lowest BCUT2D eigenvalue weighted by Crippen LogP contribution is -2.44. The lowest BCUT2D eigenvalue weighted by molar-refractivity contribution is 0.186.